The number of phenols is 1. The molecule has 8 heteroatoms. The van der Waals surface area contributed by atoms with E-state index >= 15 is 0 Å². The van der Waals surface area contributed by atoms with Crippen LogP contribution in [0.3, 0.4) is 0 Å². The van der Waals surface area contributed by atoms with Crippen molar-refractivity contribution >= 4 is 23.6 Å². The Morgan fingerprint density at radius 2 is 1.55 bits per heavy atom. The van der Waals surface area contributed by atoms with Crippen LogP contribution in [-0.2, 0) is 14.3 Å². The third kappa shape index (κ3) is 11.7. The molecule has 42 heavy (non-hydrogen) atoms. The van der Waals surface area contributed by atoms with Crippen molar-refractivity contribution in [1.82, 2.24) is 10.2 Å². The van der Waals surface area contributed by atoms with Gasteiger partial charge in [-0.2, -0.15) is 0 Å². The summed E-state index contributed by atoms with van der Waals surface area (Å²) in [6.07, 6.45) is 5.80. The summed E-state index contributed by atoms with van der Waals surface area (Å²) < 4.78 is 5.49. The predicted octanol–water partition coefficient (Wildman–Crippen LogP) is 7.51. The molecular formula is C34H51N3O5. The van der Waals surface area contributed by atoms with Gasteiger partial charge in [0.2, 0.25) is 5.91 Å². The highest BCUT2D eigenvalue weighted by Crippen LogP contribution is 2.28. The molecule has 2 aromatic carbocycles. The summed E-state index contributed by atoms with van der Waals surface area (Å²) in [6, 6.07) is 12.0. The molecule has 2 unspecified atom stereocenters. The zero-order chi connectivity index (χ0) is 31.3. The van der Waals surface area contributed by atoms with E-state index in [0.717, 1.165) is 37.7 Å². The molecule has 0 bridgehead atoms. The Bertz CT molecular complexity index is 1140. The SMILES string of the molecule is CCCCCCCCN(C(=O)C(CC(C)C)NC(=O)OC(C)(C)C)C(C(=O)Nc1ccccc1C)c1ccc(O)cc1. The first-order valence-corrected chi connectivity index (χ1v) is 15.3. The van der Waals surface area contributed by atoms with Crippen molar-refractivity contribution in [3.05, 3.63) is 59.7 Å². The highest BCUT2D eigenvalue weighted by Gasteiger charge is 2.36. The Balaban J connectivity index is 2.51. The second-order valence-corrected chi connectivity index (χ2v) is 12.4. The lowest BCUT2D eigenvalue weighted by Crippen LogP contribution is -2.53. The van der Waals surface area contributed by atoms with E-state index in [0.29, 0.717) is 30.6 Å². The molecule has 232 valence electrons. The lowest BCUT2D eigenvalue weighted by Gasteiger charge is -2.35. The Morgan fingerprint density at radius 3 is 2.14 bits per heavy atom. The third-order valence-corrected chi connectivity index (χ3v) is 6.90. The van der Waals surface area contributed by atoms with E-state index in [1.807, 2.05) is 45.0 Å². The van der Waals surface area contributed by atoms with Crippen molar-refractivity contribution in [2.45, 2.75) is 111 Å². The highest BCUT2D eigenvalue weighted by molar-refractivity contribution is 5.99. The van der Waals surface area contributed by atoms with E-state index in [1.165, 1.54) is 12.1 Å². The first-order valence-electron chi connectivity index (χ1n) is 15.3. The van der Waals surface area contributed by atoms with Crippen LogP contribution in [0.1, 0.15) is 104 Å². The van der Waals surface area contributed by atoms with E-state index < -0.39 is 23.8 Å². The van der Waals surface area contributed by atoms with Crippen molar-refractivity contribution < 1.29 is 24.2 Å². The number of hydrogen-bond donors (Lipinski definition) is 3. The minimum atomic E-state index is -0.983. The number of benzene rings is 2. The number of alkyl carbamates (subject to hydrolysis) is 1. The number of anilines is 1. The minimum Gasteiger partial charge on any atom is -0.508 e. The summed E-state index contributed by atoms with van der Waals surface area (Å²) in [6.45, 7) is 13.7. The number of para-hydroxylation sites is 1. The second kappa shape index (κ2) is 16.8. The maximum Gasteiger partial charge on any atom is 0.408 e. The number of rotatable bonds is 15. The molecule has 0 aliphatic rings. The van der Waals surface area contributed by atoms with Gasteiger partial charge >= 0.3 is 6.09 Å². The molecule has 0 aromatic heterocycles. The summed E-state index contributed by atoms with van der Waals surface area (Å²) in [5, 5.41) is 15.8. The first kappa shape index (κ1) is 34.7. The minimum absolute atomic E-state index is 0.0647. The quantitative estimate of drug-likeness (QED) is 0.189. The van der Waals surface area contributed by atoms with Crippen molar-refractivity contribution in [2.24, 2.45) is 5.92 Å². The fourth-order valence-electron chi connectivity index (χ4n) is 4.82. The third-order valence-electron chi connectivity index (χ3n) is 6.90. The monoisotopic (exact) mass is 581 g/mol. The van der Waals surface area contributed by atoms with Gasteiger partial charge in [-0.1, -0.05) is 83.2 Å². The number of unbranched alkanes of at least 4 members (excludes halogenated alkanes) is 5. The van der Waals surface area contributed by atoms with Gasteiger partial charge in [-0.05, 0) is 75.8 Å². The largest absolute Gasteiger partial charge is 0.508 e. The second-order valence-electron chi connectivity index (χ2n) is 12.4. The van der Waals surface area contributed by atoms with E-state index in [4.69, 9.17) is 4.74 Å². The van der Waals surface area contributed by atoms with Gasteiger partial charge in [-0.25, -0.2) is 4.79 Å². The number of carbonyl (C=O) groups excluding carboxylic acids is 3. The molecule has 0 saturated carbocycles. The average molecular weight is 582 g/mol. The Labute approximate surface area is 252 Å². The van der Waals surface area contributed by atoms with Crippen LogP contribution in [0.15, 0.2) is 48.5 Å². The van der Waals surface area contributed by atoms with Gasteiger partial charge in [-0.15, -0.1) is 0 Å². The van der Waals surface area contributed by atoms with Crippen LogP contribution in [0.4, 0.5) is 10.5 Å². The van der Waals surface area contributed by atoms with Crippen LogP contribution in [-0.4, -0.2) is 46.1 Å². The van der Waals surface area contributed by atoms with Crippen molar-refractivity contribution in [3.63, 3.8) is 0 Å². The molecule has 2 aromatic rings. The molecule has 3 amide bonds. The lowest BCUT2D eigenvalue weighted by atomic mass is 9.98. The lowest BCUT2D eigenvalue weighted by molar-refractivity contribution is -0.141. The van der Waals surface area contributed by atoms with Gasteiger partial charge in [0.25, 0.3) is 5.91 Å². The number of nitrogens with one attached hydrogen (secondary N) is 2. The number of hydrogen-bond acceptors (Lipinski definition) is 5. The molecule has 2 atom stereocenters. The van der Waals surface area contributed by atoms with Gasteiger partial charge in [0.05, 0.1) is 0 Å². The molecule has 0 heterocycles. The van der Waals surface area contributed by atoms with Gasteiger partial charge in [-0.3, -0.25) is 9.59 Å². The van der Waals surface area contributed by atoms with Crippen LogP contribution in [0.2, 0.25) is 0 Å². The average Bonchev–Trinajstić information content (AvgIpc) is 2.90. The molecule has 0 spiro atoms. The molecule has 8 nitrogen and oxygen atoms in total. The summed E-state index contributed by atoms with van der Waals surface area (Å²) in [7, 11) is 0. The smallest absolute Gasteiger partial charge is 0.408 e. The Kier molecular flexibility index (Phi) is 13.8. The van der Waals surface area contributed by atoms with Crippen LogP contribution in [0.25, 0.3) is 0 Å². The van der Waals surface area contributed by atoms with E-state index in [1.54, 1.807) is 37.8 Å². The fraction of sp³-hybridized carbons (Fsp3) is 0.559. The standard InChI is InChI=1S/C34H51N3O5/c1-8-9-10-11-12-15-22-37(32(40)29(23-24(2)3)36-33(41)42-34(5,6)7)30(26-18-20-27(38)21-19-26)31(39)35-28-17-14-13-16-25(28)4/h13-14,16-21,24,29-30,38H,8-12,15,22-23H2,1-7H3,(H,35,39)(H,36,41). The van der Waals surface area contributed by atoms with E-state index in [9.17, 15) is 19.5 Å². The topological polar surface area (TPSA) is 108 Å². The van der Waals surface area contributed by atoms with Crippen molar-refractivity contribution in [1.29, 1.82) is 0 Å². The number of amides is 3. The first-order chi connectivity index (χ1) is 19.8. The molecule has 0 aliphatic heterocycles. The molecule has 0 saturated heterocycles. The molecule has 2 rings (SSSR count). The summed E-state index contributed by atoms with van der Waals surface area (Å²) >= 11 is 0. The molecule has 0 aliphatic carbocycles. The highest BCUT2D eigenvalue weighted by atomic mass is 16.6. The zero-order valence-corrected chi connectivity index (χ0v) is 26.5. The molecule has 3 N–H and O–H groups in total. The number of ether oxygens (including phenoxy) is 1. The number of carbonyl (C=O) groups is 3. The molecule has 0 radical (unpaired) electrons. The van der Waals surface area contributed by atoms with Crippen LogP contribution < -0.4 is 10.6 Å². The Morgan fingerprint density at radius 1 is 0.929 bits per heavy atom. The number of aromatic hydroxyl groups is 1. The Hall–Kier alpha value is -3.55. The number of phenolic OH excluding ortho intramolecular Hbond substituents is 1. The summed E-state index contributed by atoms with van der Waals surface area (Å²) in [5.41, 5.74) is 1.39. The van der Waals surface area contributed by atoms with E-state index in [2.05, 4.69) is 17.6 Å². The van der Waals surface area contributed by atoms with Crippen LogP contribution >= 0.6 is 0 Å². The van der Waals surface area contributed by atoms with Crippen LogP contribution in [0, 0.1) is 12.8 Å². The van der Waals surface area contributed by atoms with E-state index in [-0.39, 0.29) is 23.5 Å². The normalized spacial score (nSPS) is 12.9. The number of aryl methyl sites for hydroxylation is 1. The molecular weight excluding hydrogens is 530 g/mol. The van der Waals surface area contributed by atoms with Crippen LogP contribution in [0.5, 0.6) is 5.75 Å². The maximum absolute atomic E-state index is 14.4. The maximum atomic E-state index is 14.4. The van der Waals surface area contributed by atoms with Gasteiger partial charge in [0.1, 0.15) is 23.4 Å². The van der Waals surface area contributed by atoms with Crippen molar-refractivity contribution in [2.75, 3.05) is 11.9 Å². The molecule has 0 fully saturated rings. The number of nitrogens with zero attached hydrogens (tertiary/aromatic N) is 1. The van der Waals surface area contributed by atoms with Gasteiger partial charge in [0, 0.05) is 12.2 Å². The van der Waals surface area contributed by atoms with Crippen molar-refractivity contribution in [3.8, 4) is 5.75 Å². The summed E-state index contributed by atoms with van der Waals surface area (Å²) in [5.74, 6) is -0.552. The fourth-order valence-corrected chi connectivity index (χ4v) is 4.82. The van der Waals surface area contributed by atoms with Gasteiger partial charge < -0.3 is 25.4 Å². The predicted molar refractivity (Wildman–Crippen MR) is 168 cm³/mol. The summed E-state index contributed by atoms with van der Waals surface area (Å²) in [4.78, 5) is 42.8. The van der Waals surface area contributed by atoms with Gasteiger partial charge in [0.15, 0.2) is 0 Å². The zero-order valence-electron chi connectivity index (χ0n) is 26.5.